The van der Waals surface area contributed by atoms with E-state index in [1.165, 1.54) is 12.3 Å². The van der Waals surface area contributed by atoms with Gasteiger partial charge in [-0.2, -0.15) is 18.2 Å². The van der Waals surface area contributed by atoms with E-state index < -0.39 is 11.9 Å². The Balaban J connectivity index is 1.37. The number of aromatic amines is 1. The molecule has 10 heteroatoms. The molecule has 0 fully saturated rings. The van der Waals surface area contributed by atoms with Crippen LogP contribution in [0.25, 0.3) is 33.3 Å². The van der Waals surface area contributed by atoms with E-state index in [9.17, 15) is 18.0 Å². The molecule has 5 rings (SSSR count). The number of nitrogens with zero attached hydrogens (tertiary/aromatic N) is 4. The normalized spacial score (nSPS) is 11.6. The molecule has 3 aromatic heterocycles. The van der Waals surface area contributed by atoms with Crippen LogP contribution in [-0.2, 0) is 13.2 Å². The molecule has 0 aliphatic heterocycles. The molecule has 0 atom stereocenters. The van der Waals surface area contributed by atoms with Gasteiger partial charge in [0.15, 0.2) is 5.82 Å². The number of aryl methyl sites for hydroxylation is 1. The van der Waals surface area contributed by atoms with E-state index in [1.54, 1.807) is 54.3 Å². The largest absolute Gasteiger partial charge is 0.433 e. The van der Waals surface area contributed by atoms with Crippen molar-refractivity contribution in [2.75, 3.05) is 5.32 Å². The predicted molar refractivity (Wildman–Crippen MR) is 123 cm³/mol. The van der Waals surface area contributed by atoms with Gasteiger partial charge < -0.3 is 10.3 Å². The Labute approximate surface area is 190 Å². The molecule has 3 heterocycles. The van der Waals surface area contributed by atoms with E-state index in [-0.39, 0.29) is 5.56 Å². The number of nitrogens with one attached hydrogen (secondary N) is 2. The third-order valence-electron chi connectivity index (χ3n) is 5.32. The Kier molecular flexibility index (Phi) is 5.12. The summed E-state index contributed by atoms with van der Waals surface area (Å²) in [6, 6.07) is 16.7. The van der Waals surface area contributed by atoms with Gasteiger partial charge in [-0.25, -0.2) is 4.68 Å². The van der Waals surface area contributed by atoms with Crippen LogP contribution in [0.15, 0.2) is 77.9 Å². The fourth-order valence-corrected chi connectivity index (χ4v) is 3.56. The minimum Gasteiger partial charge on any atom is -0.329 e. The number of hydrogen-bond acceptors (Lipinski definition) is 5. The van der Waals surface area contributed by atoms with Gasteiger partial charge >= 0.3 is 6.18 Å². The van der Waals surface area contributed by atoms with Gasteiger partial charge in [0, 0.05) is 41.6 Å². The number of H-pyrrole nitrogens is 1. The van der Waals surface area contributed by atoms with Gasteiger partial charge in [0.1, 0.15) is 5.69 Å². The molecule has 2 N–H and O–H groups in total. The van der Waals surface area contributed by atoms with Crippen LogP contribution < -0.4 is 10.9 Å². The van der Waals surface area contributed by atoms with Crippen LogP contribution in [0.4, 0.5) is 24.8 Å². The standard InChI is InChI=1S/C24H17F3N6O/c1-33-23(30-18-7-8-19-16(12-18)10-11-28-22(19)34)31-21(32-33)15-4-2-14(3-5-15)17-6-9-20(29-13-17)24(25,26)27/h2-13H,1H3,(H,28,34)(H,30,31,32). The molecular weight excluding hydrogens is 445 g/mol. The monoisotopic (exact) mass is 462 g/mol. The summed E-state index contributed by atoms with van der Waals surface area (Å²) in [6.45, 7) is 0. The quantitative estimate of drug-likeness (QED) is 0.386. The molecule has 5 aromatic rings. The number of anilines is 2. The first-order valence-electron chi connectivity index (χ1n) is 10.2. The number of pyridine rings is 2. The molecular formula is C24H17F3N6O. The highest BCUT2D eigenvalue weighted by Gasteiger charge is 2.32. The lowest BCUT2D eigenvalue weighted by atomic mass is 10.1. The predicted octanol–water partition coefficient (Wildman–Crippen LogP) is 5.15. The summed E-state index contributed by atoms with van der Waals surface area (Å²) in [5, 5.41) is 9.04. The van der Waals surface area contributed by atoms with E-state index >= 15 is 0 Å². The molecule has 0 bridgehead atoms. The highest BCUT2D eigenvalue weighted by molar-refractivity contribution is 5.85. The molecule has 2 aromatic carbocycles. The summed E-state index contributed by atoms with van der Waals surface area (Å²) < 4.78 is 39.8. The van der Waals surface area contributed by atoms with E-state index in [2.05, 4.69) is 25.4 Å². The van der Waals surface area contributed by atoms with Gasteiger partial charge in [0.2, 0.25) is 5.95 Å². The summed E-state index contributed by atoms with van der Waals surface area (Å²) in [4.78, 5) is 22.6. The zero-order valence-corrected chi connectivity index (χ0v) is 17.8. The number of aromatic nitrogens is 5. The first kappa shape index (κ1) is 21.4. The topological polar surface area (TPSA) is 88.5 Å². The van der Waals surface area contributed by atoms with Crippen molar-refractivity contribution >= 4 is 22.4 Å². The first-order valence-corrected chi connectivity index (χ1v) is 10.2. The molecule has 34 heavy (non-hydrogen) atoms. The number of fused-ring (bicyclic) bond motifs is 1. The first-order chi connectivity index (χ1) is 16.3. The van der Waals surface area contributed by atoms with Crippen LogP contribution in [0.3, 0.4) is 0 Å². The highest BCUT2D eigenvalue weighted by Crippen LogP contribution is 2.30. The van der Waals surface area contributed by atoms with Crippen molar-refractivity contribution in [1.82, 2.24) is 24.7 Å². The van der Waals surface area contributed by atoms with Crippen molar-refractivity contribution in [1.29, 1.82) is 0 Å². The lowest BCUT2D eigenvalue weighted by molar-refractivity contribution is -0.141. The second-order valence-corrected chi connectivity index (χ2v) is 7.62. The Morgan fingerprint density at radius 2 is 1.68 bits per heavy atom. The molecule has 0 aliphatic rings. The van der Waals surface area contributed by atoms with Crippen LogP contribution in [0.1, 0.15) is 5.69 Å². The van der Waals surface area contributed by atoms with Gasteiger partial charge in [-0.3, -0.25) is 9.78 Å². The number of rotatable bonds is 4. The molecule has 0 radical (unpaired) electrons. The Hall–Kier alpha value is -4.47. The maximum Gasteiger partial charge on any atom is 0.433 e. The third kappa shape index (κ3) is 4.13. The zero-order chi connectivity index (χ0) is 23.9. The van der Waals surface area contributed by atoms with Gasteiger partial charge in [-0.05, 0) is 41.3 Å². The molecule has 0 amide bonds. The van der Waals surface area contributed by atoms with Crippen molar-refractivity contribution in [2.45, 2.75) is 6.18 Å². The van der Waals surface area contributed by atoms with Gasteiger partial charge in [-0.1, -0.05) is 30.3 Å². The Morgan fingerprint density at radius 3 is 2.38 bits per heavy atom. The van der Waals surface area contributed by atoms with Crippen LogP contribution in [0.5, 0.6) is 0 Å². The van der Waals surface area contributed by atoms with Crippen molar-refractivity contribution < 1.29 is 13.2 Å². The van der Waals surface area contributed by atoms with E-state index in [0.29, 0.717) is 22.7 Å². The molecule has 7 nitrogen and oxygen atoms in total. The van der Waals surface area contributed by atoms with Crippen LogP contribution in [-0.4, -0.2) is 24.7 Å². The lowest BCUT2D eigenvalue weighted by Gasteiger charge is -2.07. The third-order valence-corrected chi connectivity index (χ3v) is 5.32. The molecule has 0 spiro atoms. The second kappa shape index (κ2) is 8.14. The number of hydrogen-bond donors (Lipinski definition) is 2. The summed E-state index contributed by atoms with van der Waals surface area (Å²) in [5.74, 6) is 0.995. The van der Waals surface area contributed by atoms with Crippen LogP contribution >= 0.6 is 0 Å². The maximum absolute atomic E-state index is 12.7. The Bertz CT molecular complexity index is 1540. The van der Waals surface area contributed by atoms with Gasteiger partial charge in [0.05, 0.1) is 0 Å². The van der Waals surface area contributed by atoms with Crippen molar-refractivity contribution in [2.24, 2.45) is 7.05 Å². The summed E-state index contributed by atoms with van der Waals surface area (Å²) >= 11 is 0. The van der Waals surface area contributed by atoms with Gasteiger partial charge in [-0.15, -0.1) is 5.10 Å². The minimum absolute atomic E-state index is 0.152. The molecule has 0 unspecified atom stereocenters. The van der Waals surface area contributed by atoms with Crippen molar-refractivity contribution in [3.05, 3.63) is 89.1 Å². The van der Waals surface area contributed by atoms with Crippen LogP contribution in [0.2, 0.25) is 0 Å². The number of benzene rings is 2. The van der Waals surface area contributed by atoms with Crippen LogP contribution in [0, 0.1) is 0 Å². The molecule has 170 valence electrons. The van der Waals surface area contributed by atoms with Crippen molar-refractivity contribution in [3.8, 4) is 22.5 Å². The average molecular weight is 462 g/mol. The Morgan fingerprint density at radius 1 is 0.941 bits per heavy atom. The maximum atomic E-state index is 12.7. The van der Waals surface area contributed by atoms with Gasteiger partial charge in [0.25, 0.3) is 5.56 Å². The molecule has 0 saturated carbocycles. The SMILES string of the molecule is Cn1nc(-c2ccc(-c3ccc(C(F)(F)F)nc3)cc2)nc1Nc1ccc2c(=O)[nH]ccc2c1. The van der Waals surface area contributed by atoms with Crippen molar-refractivity contribution in [3.63, 3.8) is 0 Å². The highest BCUT2D eigenvalue weighted by atomic mass is 19.4. The smallest absolute Gasteiger partial charge is 0.329 e. The summed E-state index contributed by atoms with van der Waals surface area (Å²) in [5.41, 5.74) is 1.73. The molecule has 0 saturated heterocycles. The fourth-order valence-electron chi connectivity index (χ4n) is 3.56. The number of halogens is 3. The van der Waals surface area contributed by atoms with E-state index in [1.807, 2.05) is 12.1 Å². The second-order valence-electron chi connectivity index (χ2n) is 7.62. The summed E-state index contributed by atoms with van der Waals surface area (Å²) in [6.07, 6.45) is -1.67. The lowest BCUT2D eigenvalue weighted by Crippen LogP contribution is -2.07. The molecule has 0 aliphatic carbocycles. The summed E-state index contributed by atoms with van der Waals surface area (Å²) in [7, 11) is 1.76. The minimum atomic E-state index is -4.47. The van der Waals surface area contributed by atoms with E-state index in [4.69, 9.17) is 0 Å². The fraction of sp³-hybridized carbons (Fsp3) is 0.0833. The number of alkyl halides is 3. The average Bonchev–Trinajstić information content (AvgIpc) is 3.19. The zero-order valence-electron chi connectivity index (χ0n) is 17.8. The van der Waals surface area contributed by atoms with E-state index in [0.717, 1.165) is 28.3 Å².